The molecule has 0 aliphatic carbocycles. The van der Waals surface area contributed by atoms with Gasteiger partial charge in [-0.1, -0.05) is 47.6 Å². The molecule has 0 aromatic heterocycles. The van der Waals surface area contributed by atoms with Crippen molar-refractivity contribution < 1.29 is 14.8 Å². The number of rotatable bonds is 3. The third-order valence-electron chi connectivity index (χ3n) is 4.37. The van der Waals surface area contributed by atoms with Crippen LogP contribution in [0.1, 0.15) is 63.0 Å². The third kappa shape index (κ3) is 4.64. The van der Waals surface area contributed by atoms with E-state index in [2.05, 4.69) is 26.1 Å². The van der Waals surface area contributed by atoms with E-state index in [1.165, 1.54) is 24.3 Å². The Labute approximate surface area is 159 Å². The van der Waals surface area contributed by atoms with Gasteiger partial charge in [0.25, 0.3) is 11.6 Å². The van der Waals surface area contributed by atoms with Crippen LogP contribution in [-0.4, -0.2) is 15.9 Å². The van der Waals surface area contributed by atoms with Gasteiger partial charge in [-0.05, 0) is 34.6 Å². The van der Waals surface area contributed by atoms with Gasteiger partial charge in [0.05, 0.1) is 10.6 Å². The van der Waals surface area contributed by atoms with Gasteiger partial charge in [-0.3, -0.25) is 14.9 Å². The number of hydrogen-bond acceptors (Lipinski definition) is 4. The van der Waals surface area contributed by atoms with Crippen molar-refractivity contribution in [2.24, 2.45) is 0 Å². The summed E-state index contributed by atoms with van der Waals surface area (Å²) in [5.74, 6) is -0.406. The van der Waals surface area contributed by atoms with Gasteiger partial charge in [-0.2, -0.15) is 0 Å². The molecule has 0 unspecified atom stereocenters. The number of phenols is 1. The van der Waals surface area contributed by atoms with Crippen molar-refractivity contribution in [3.63, 3.8) is 0 Å². The van der Waals surface area contributed by atoms with Crippen LogP contribution >= 0.6 is 0 Å². The van der Waals surface area contributed by atoms with Gasteiger partial charge in [0.2, 0.25) is 0 Å². The number of nitro benzene ring substituents is 1. The quantitative estimate of drug-likeness (QED) is 0.444. The van der Waals surface area contributed by atoms with Crippen LogP contribution in [0, 0.1) is 10.1 Å². The summed E-state index contributed by atoms with van der Waals surface area (Å²) in [5, 5.41) is 24.2. The molecule has 2 aromatic carbocycles. The van der Waals surface area contributed by atoms with Crippen molar-refractivity contribution >= 4 is 17.3 Å². The molecule has 0 aliphatic heterocycles. The van der Waals surface area contributed by atoms with Crippen molar-refractivity contribution in [3.05, 3.63) is 63.2 Å². The first-order valence-electron chi connectivity index (χ1n) is 8.74. The van der Waals surface area contributed by atoms with E-state index in [0.29, 0.717) is 5.69 Å². The number of anilines is 1. The summed E-state index contributed by atoms with van der Waals surface area (Å²) in [4.78, 5) is 22.8. The van der Waals surface area contributed by atoms with E-state index in [0.717, 1.165) is 11.1 Å². The van der Waals surface area contributed by atoms with E-state index < -0.39 is 10.8 Å². The predicted octanol–water partition coefficient (Wildman–Crippen LogP) is 5.15. The summed E-state index contributed by atoms with van der Waals surface area (Å²) in [5.41, 5.74) is 1.78. The first-order valence-corrected chi connectivity index (χ1v) is 8.74. The summed E-state index contributed by atoms with van der Waals surface area (Å²) in [6.07, 6.45) is 0. The van der Waals surface area contributed by atoms with Crippen molar-refractivity contribution in [1.82, 2.24) is 0 Å². The van der Waals surface area contributed by atoms with Crippen molar-refractivity contribution in [1.29, 1.82) is 0 Å². The maximum Gasteiger partial charge on any atom is 0.269 e. The van der Waals surface area contributed by atoms with Crippen LogP contribution in [0.4, 0.5) is 11.4 Å². The number of phenolic OH excluding ortho intramolecular Hbond substituents is 1. The van der Waals surface area contributed by atoms with Gasteiger partial charge in [0.15, 0.2) is 0 Å². The van der Waals surface area contributed by atoms with Crippen LogP contribution in [0.15, 0.2) is 36.4 Å². The maximum atomic E-state index is 12.6. The Morgan fingerprint density at radius 1 is 1.00 bits per heavy atom. The highest BCUT2D eigenvalue weighted by molar-refractivity contribution is 6.05. The van der Waals surface area contributed by atoms with E-state index in [4.69, 9.17) is 0 Å². The Morgan fingerprint density at radius 2 is 1.56 bits per heavy atom. The second-order valence-corrected chi connectivity index (χ2v) is 8.68. The maximum absolute atomic E-state index is 12.6. The molecule has 0 heterocycles. The first-order chi connectivity index (χ1) is 12.3. The monoisotopic (exact) mass is 370 g/mol. The van der Waals surface area contributed by atoms with Gasteiger partial charge in [-0.25, -0.2) is 0 Å². The average Bonchev–Trinajstić information content (AvgIpc) is 2.54. The summed E-state index contributed by atoms with van der Waals surface area (Å²) < 4.78 is 0. The number of carbonyl (C=O) groups excluding carboxylic acids is 1. The smallest absolute Gasteiger partial charge is 0.269 e. The molecule has 2 N–H and O–H groups in total. The molecule has 27 heavy (non-hydrogen) atoms. The van der Waals surface area contributed by atoms with Crippen LogP contribution in [0.2, 0.25) is 0 Å². The second kappa shape index (κ2) is 7.02. The molecular weight excluding hydrogens is 344 g/mol. The molecule has 1 amide bonds. The first kappa shape index (κ1) is 20.4. The molecule has 2 aromatic rings. The van der Waals surface area contributed by atoms with Crippen molar-refractivity contribution in [2.75, 3.05) is 5.32 Å². The molecule has 0 saturated heterocycles. The number of aromatic hydroxyl groups is 1. The molecule has 0 spiro atoms. The molecule has 0 aliphatic rings. The molecule has 0 fully saturated rings. The largest absolute Gasteiger partial charge is 0.505 e. The lowest BCUT2D eigenvalue weighted by atomic mass is 9.79. The molecule has 0 bridgehead atoms. The number of amides is 1. The Hall–Kier alpha value is -2.89. The normalized spacial score (nSPS) is 11.9. The summed E-state index contributed by atoms with van der Waals surface area (Å²) in [6.45, 7) is 12.2. The molecular formula is C21H26N2O4. The second-order valence-electron chi connectivity index (χ2n) is 8.68. The fraction of sp³-hybridized carbons (Fsp3) is 0.381. The fourth-order valence-electron chi connectivity index (χ4n) is 2.66. The third-order valence-corrected chi connectivity index (χ3v) is 4.37. The summed E-state index contributed by atoms with van der Waals surface area (Å²) in [7, 11) is 0. The lowest BCUT2D eigenvalue weighted by Crippen LogP contribution is -2.19. The van der Waals surface area contributed by atoms with Gasteiger partial charge < -0.3 is 10.4 Å². The minimum atomic E-state index is -0.518. The number of nitrogens with zero attached hydrogens (tertiary/aromatic N) is 1. The highest BCUT2D eigenvalue weighted by Crippen LogP contribution is 2.40. The summed E-state index contributed by atoms with van der Waals surface area (Å²) >= 11 is 0. The van der Waals surface area contributed by atoms with Crippen LogP contribution in [0.25, 0.3) is 0 Å². The Bertz CT molecular complexity index is 873. The lowest BCUT2D eigenvalue weighted by molar-refractivity contribution is -0.384. The van der Waals surface area contributed by atoms with E-state index in [9.17, 15) is 20.0 Å². The van der Waals surface area contributed by atoms with Crippen molar-refractivity contribution in [3.8, 4) is 5.75 Å². The van der Waals surface area contributed by atoms with Crippen LogP contribution in [0.3, 0.4) is 0 Å². The number of carbonyl (C=O) groups is 1. The SMILES string of the molecule is CC(C)(C)c1cc(NC(=O)c2ccc([N+](=O)[O-])cc2)c(O)c(C(C)(C)C)c1. The molecule has 6 heteroatoms. The van der Waals surface area contributed by atoms with E-state index >= 15 is 0 Å². The van der Waals surface area contributed by atoms with Crippen LogP contribution in [-0.2, 0) is 10.8 Å². The van der Waals surface area contributed by atoms with E-state index in [1.54, 1.807) is 6.07 Å². The van der Waals surface area contributed by atoms with Gasteiger partial charge >= 0.3 is 0 Å². The number of nitrogens with one attached hydrogen (secondary N) is 1. The van der Waals surface area contributed by atoms with Crippen LogP contribution in [0.5, 0.6) is 5.75 Å². The number of benzene rings is 2. The van der Waals surface area contributed by atoms with E-state index in [1.807, 2.05) is 26.8 Å². The number of nitro groups is 1. The molecule has 0 saturated carbocycles. The lowest BCUT2D eigenvalue weighted by Gasteiger charge is -2.27. The highest BCUT2D eigenvalue weighted by Gasteiger charge is 2.25. The average molecular weight is 370 g/mol. The van der Waals surface area contributed by atoms with Crippen LogP contribution < -0.4 is 5.32 Å². The molecule has 0 radical (unpaired) electrons. The van der Waals surface area contributed by atoms with E-state index in [-0.39, 0.29) is 27.8 Å². The molecule has 144 valence electrons. The highest BCUT2D eigenvalue weighted by atomic mass is 16.6. The Kier molecular flexibility index (Phi) is 5.31. The minimum Gasteiger partial charge on any atom is -0.505 e. The zero-order valence-corrected chi connectivity index (χ0v) is 16.6. The number of non-ortho nitro benzene ring substituents is 1. The molecule has 2 rings (SSSR count). The summed E-state index contributed by atoms with van der Waals surface area (Å²) in [6, 6.07) is 9.08. The topological polar surface area (TPSA) is 92.5 Å². The van der Waals surface area contributed by atoms with Crippen molar-refractivity contribution in [2.45, 2.75) is 52.4 Å². The van der Waals surface area contributed by atoms with Gasteiger partial charge in [0.1, 0.15) is 5.75 Å². The molecule has 6 nitrogen and oxygen atoms in total. The molecule has 0 atom stereocenters. The number of hydrogen-bond donors (Lipinski definition) is 2. The standard InChI is InChI=1S/C21H26N2O4/c1-20(2,3)14-11-16(21(4,5)6)18(24)17(12-14)22-19(25)13-7-9-15(10-8-13)23(26)27/h7-12,24H,1-6H3,(H,22,25). The predicted molar refractivity (Wildman–Crippen MR) is 107 cm³/mol. The zero-order chi connectivity index (χ0) is 20.6. The Morgan fingerprint density at radius 3 is 2.00 bits per heavy atom. The van der Waals surface area contributed by atoms with Gasteiger partial charge in [0, 0.05) is 23.3 Å². The fourth-order valence-corrected chi connectivity index (χ4v) is 2.66. The minimum absolute atomic E-state index is 0.0331. The Balaban J connectivity index is 2.45. The zero-order valence-electron chi connectivity index (χ0n) is 16.6. The van der Waals surface area contributed by atoms with Gasteiger partial charge in [-0.15, -0.1) is 0 Å².